The Balaban J connectivity index is 2.08. The third-order valence-corrected chi connectivity index (χ3v) is 4.04. The molecule has 2 rings (SSSR count). The molecule has 0 aromatic heterocycles. The number of aliphatic hydroxyl groups excluding tert-OH is 1. The summed E-state index contributed by atoms with van der Waals surface area (Å²) in [7, 11) is 0. The first kappa shape index (κ1) is 15.6. The highest BCUT2D eigenvalue weighted by molar-refractivity contribution is 6.30. The van der Waals surface area contributed by atoms with Gasteiger partial charge in [0.15, 0.2) is 0 Å². The number of rotatable bonds is 6. The molecule has 0 bridgehead atoms. The number of aliphatic hydroxyl groups is 1. The van der Waals surface area contributed by atoms with Gasteiger partial charge in [0.1, 0.15) is 0 Å². The zero-order valence-corrected chi connectivity index (χ0v) is 13.2. The second-order valence-electron chi connectivity index (χ2n) is 6.08. The predicted octanol–water partition coefficient (Wildman–Crippen LogP) is 2.90. The van der Waals surface area contributed by atoms with E-state index in [1.807, 2.05) is 12.1 Å². The molecule has 0 radical (unpaired) electrons. The Morgan fingerprint density at radius 3 is 2.90 bits per heavy atom. The zero-order valence-electron chi connectivity index (χ0n) is 12.4. The quantitative estimate of drug-likeness (QED) is 0.847. The molecule has 0 saturated carbocycles. The first-order valence-corrected chi connectivity index (χ1v) is 7.83. The van der Waals surface area contributed by atoms with Gasteiger partial charge in [-0.3, -0.25) is 0 Å². The Hall–Kier alpha value is -0.770. The van der Waals surface area contributed by atoms with Gasteiger partial charge in [-0.25, -0.2) is 0 Å². The Kier molecular flexibility index (Phi) is 5.70. The van der Waals surface area contributed by atoms with Crippen molar-refractivity contribution in [2.45, 2.75) is 26.8 Å². The Morgan fingerprint density at radius 1 is 1.45 bits per heavy atom. The molecule has 1 heterocycles. The number of benzene rings is 1. The molecule has 3 nitrogen and oxygen atoms in total. The lowest BCUT2D eigenvalue weighted by Crippen LogP contribution is -2.24. The number of hydrogen-bond donors (Lipinski definition) is 2. The molecule has 1 fully saturated rings. The van der Waals surface area contributed by atoms with E-state index in [0.717, 1.165) is 37.6 Å². The number of nitrogens with zero attached hydrogens (tertiary/aromatic N) is 1. The molecule has 1 aliphatic heterocycles. The summed E-state index contributed by atoms with van der Waals surface area (Å²) in [5.74, 6) is 1.04. The fourth-order valence-corrected chi connectivity index (χ4v) is 2.84. The molecule has 1 aromatic rings. The van der Waals surface area contributed by atoms with E-state index in [4.69, 9.17) is 11.6 Å². The summed E-state index contributed by atoms with van der Waals surface area (Å²) < 4.78 is 0. The van der Waals surface area contributed by atoms with Crippen LogP contribution in [0.1, 0.15) is 25.8 Å². The lowest BCUT2D eigenvalue weighted by Gasteiger charge is -2.23. The van der Waals surface area contributed by atoms with Crippen LogP contribution < -0.4 is 10.2 Å². The van der Waals surface area contributed by atoms with Crippen molar-refractivity contribution in [3.05, 3.63) is 28.8 Å². The molecule has 1 atom stereocenters. The maximum Gasteiger partial charge on any atom is 0.0476 e. The van der Waals surface area contributed by atoms with E-state index < -0.39 is 0 Å². The molecule has 1 unspecified atom stereocenters. The molecule has 1 aromatic carbocycles. The van der Waals surface area contributed by atoms with Crippen LogP contribution in [0.5, 0.6) is 0 Å². The summed E-state index contributed by atoms with van der Waals surface area (Å²) in [6.07, 6.45) is 1.06. The Bertz CT molecular complexity index is 436. The van der Waals surface area contributed by atoms with E-state index in [9.17, 15) is 5.11 Å². The summed E-state index contributed by atoms with van der Waals surface area (Å²) >= 11 is 6.15. The third kappa shape index (κ3) is 4.11. The molecule has 0 spiro atoms. The summed E-state index contributed by atoms with van der Waals surface area (Å²) in [4.78, 5) is 2.35. The van der Waals surface area contributed by atoms with Crippen molar-refractivity contribution in [1.29, 1.82) is 0 Å². The fraction of sp³-hybridized carbons (Fsp3) is 0.625. The standard InChI is InChI=1S/C16H25ClN2O/c1-12(2)8-18-9-14-3-4-15(17)7-16(14)19-6-5-13(10-19)11-20/h3-4,7,12-13,18,20H,5-6,8-11H2,1-2H3. The van der Waals surface area contributed by atoms with Crippen LogP contribution in [0.4, 0.5) is 5.69 Å². The molecule has 2 N–H and O–H groups in total. The van der Waals surface area contributed by atoms with Gasteiger partial charge in [0.2, 0.25) is 0 Å². The van der Waals surface area contributed by atoms with Gasteiger partial charge >= 0.3 is 0 Å². The highest BCUT2D eigenvalue weighted by atomic mass is 35.5. The molecule has 1 saturated heterocycles. The second kappa shape index (κ2) is 7.30. The number of nitrogens with one attached hydrogen (secondary N) is 1. The van der Waals surface area contributed by atoms with Crippen LogP contribution in [0.2, 0.25) is 5.02 Å². The van der Waals surface area contributed by atoms with E-state index >= 15 is 0 Å². The predicted molar refractivity (Wildman–Crippen MR) is 85.4 cm³/mol. The van der Waals surface area contributed by atoms with E-state index in [2.05, 4.69) is 30.1 Å². The van der Waals surface area contributed by atoms with Gasteiger partial charge in [-0.1, -0.05) is 31.5 Å². The van der Waals surface area contributed by atoms with Crippen molar-refractivity contribution in [2.24, 2.45) is 11.8 Å². The first-order valence-electron chi connectivity index (χ1n) is 7.45. The minimum absolute atomic E-state index is 0.276. The van der Waals surface area contributed by atoms with E-state index in [-0.39, 0.29) is 6.61 Å². The second-order valence-corrected chi connectivity index (χ2v) is 6.52. The normalized spacial score (nSPS) is 19.1. The lowest BCUT2D eigenvalue weighted by molar-refractivity contribution is 0.238. The molecule has 1 aliphatic rings. The molecule has 20 heavy (non-hydrogen) atoms. The van der Waals surface area contributed by atoms with Crippen molar-refractivity contribution in [1.82, 2.24) is 5.32 Å². The van der Waals surface area contributed by atoms with Crippen LogP contribution in [-0.4, -0.2) is 31.3 Å². The van der Waals surface area contributed by atoms with Gasteiger partial charge in [-0.2, -0.15) is 0 Å². The average Bonchev–Trinajstić information content (AvgIpc) is 2.88. The van der Waals surface area contributed by atoms with E-state index in [1.165, 1.54) is 11.3 Å². The smallest absolute Gasteiger partial charge is 0.0476 e. The molecule has 0 amide bonds. The topological polar surface area (TPSA) is 35.5 Å². The minimum atomic E-state index is 0.276. The number of halogens is 1. The van der Waals surface area contributed by atoms with E-state index in [0.29, 0.717) is 11.8 Å². The van der Waals surface area contributed by atoms with Gasteiger partial charge in [-0.05, 0) is 36.6 Å². The van der Waals surface area contributed by atoms with Crippen molar-refractivity contribution in [3.8, 4) is 0 Å². The van der Waals surface area contributed by atoms with Gasteiger partial charge in [0, 0.05) is 42.9 Å². The van der Waals surface area contributed by atoms with Crippen LogP contribution in [0.3, 0.4) is 0 Å². The first-order chi connectivity index (χ1) is 9.60. The summed E-state index contributed by atoms with van der Waals surface area (Å²) in [5.41, 5.74) is 2.50. The zero-order chi connectivity index (χ0) is 14.5. The number of hydrogen-bond acceptors (Lipinski definition) is 3. The van der Waals surface area contributed by atoms with Crippen molar-refractivity contribution in [3.63, 3.8) is 0 Å². The average molecular weight is 297 g/mol. The van der Waals surface area contributed by atoms with E-state index in [1.54, 1.807) is 0 Å². The van der Waals surface area contributed by atoms with Crippen LogP contribution >= 0.6 is 11.6 Å². The Morgan fingerprint density at radius 2 is 2.25 bits per heavy atom. The minimum Gasteiger partial charge on any atom is -0.396 e. The van der Waals surface area contributed by atoms with Crippen molar-refractivity contribution < 1.29 is 5.11 Å². The highest BCUT2D eigenvalue weighted by Crippen LogP contribution is 2.29. The molecule has 0 aliphatic carbocycles. The van der Waals surface area contributed by atoms with Crippen LogP contribution in [0.15, 0.2) is 18.2 Å². The number of anilines is 1. The largest absolute Gasteiger partial charge is 0.396 e. The fourth-order valence-electron chi connectivity index (χ4n) is 2.68. The van der Waals surface area contributed by atoms with Gasteiger partial charge in [0.05, 0.1) is 0 Å². The molecular formula is C16H25ClN2O. The summed E-state index contributed by atoms with van der Waals surface area (Å²) in [5, 5.41) is 13.6. The molecular weight excluding hydrogens is 272 g/mol. The van der Waals surface area contributed by atoms with Gasteiger partial charge < -0.3 is 15.3 Å². The maximum absolute atomic E-state index is 9.29. The molecule has 112 valence electrons. The highest BCUT2D eigenvalue weighted by Gasteiger charge is 2.23. The summed E-state index contributed by atoms with van der Waals surface area (Å²) in [6.45, 7) is 8.51. The molecule has 4 heteroatoms. The van der Waals surface area contributed by atoms with Crippen LogP contribution in [-0.2, 0) is 6.54 Å². The third-order valence-electron chi connectivity index (χ3n) is 3.80. The van der Waals surface area contributed by atoms with Crippen LogP contribution in [0.25, 0.3) is 0 Å². The Labute approximate surface area is 126 Å². The van der Waals surface area contributed by atoms with Gasteiger partial charge in [-0.15, -0.1) is 0 Å². The lowest BCUT2D eigenvalue weighted by atomic mass is 10.1. The van der Waals surface area contributed by atoms with Gasteiger partial charge in [0.25, 0.3) is 0 Å². The monoisotopic (exact) mass is 296 g/mol. The summed E-state index contributed by atoms with van der Waals surface area (Å²) in [6, 6.07) is 6.11. The maximum atomic E-state index is 9.29. The SMILES string of the molecule is CC(C)CNCc1ccc(Cl)cc1N1CCC(CO)C1. The van der Waals surface area contributed by atoms with Crippen LogP contribution in [0, 0.1) is 11.8 Å². The van der Waals surface area contributed by atoms with Crippen molar-refractivity contribution in [2.75, 3.05) is 31.1 Å². The van der Waals surface area contributed by atoms with Crippen molar-refractivity contribution >= 4 is 17.3 Å².